The maximum absolute atomic E-state index is 13.3. The Morgan fingerprint density at radius 2 is 1.49 bits per heavy atom. The number of nitrogens with zero attached hydrogens (tertiary/aromatic N) is 3. The quantitative estimate of drug-likeness (QED) is 0.290. The summed E-state index contributed by atoms with van der Waals surface area (Å²) in [6.45, 7) is 7.92. The molecule has 2 fully saturated rings. The van der Waals surface area contributed by atoms with Crippen molar-refractivity contribution in [2.75, 3.05) is 24.2 Å². The van der Waals surface area contributed by atoms with Gasteiger partial charge >= 0.3 is 6.03 Å². The summed E-state index contributed by atoms with van der Waals surface area (Å²) in [7, 11) is 0. The van der Waals surface area contributed by atoms with Gasteiger partial charge in [0.15, 0.2) is 5.13 Å². The van der Waals surface area contributed by atoms with E-state index in [2.05, 4.69) is 48.1 Å². The van der Waals surface area contributed by atoms with Crippen LogP contribution in [-0.2, 0) is 4.79 Å². The number of rotatable bonds is 10. The van der Waals surface area contributed by atoms with Crippen molar-refractivity contribution in [1.29, 1.82) is 0 Å². The number of aromatic nitrogens is 1. The summed E-state index contributed by atoms with van der Waals surface area (Å²) in [5, 5.41) is 3.73. The van der Waals surface area contributed by atoms with Gasteiger partial charge in [0.25, 0.3) is 0 Å². The lowest BCUT2D eigenvalue weighted by molar-refractivity contribution is -0.128. The molecule has 0 saturated heterocycles. The van der Waals surface area contributed by atoms with Crippen LogP contribution in [0, 0.1) is 6.92 Å². The summed E-state index contributed by atoms with van der Waals surface area (Å²) in [5.74, 6) is 0.602. The zero-order valence-corrected chi connectivity index (χ0v) is 25.8. The Balaban J connectivity index is 0.000000520. The highest BCUT2D eigenvalue weighted by Crippen LogP contribution is 2.32. The fourth-order valence-electron chi connectivity index (χ4n) is 5.55. The van der Waals surface area contributed by atoms with Gasteiger partial charge in [0, 0.05) is 25.2 Å². The molecule has 3 amide bonds. The molecule has 0 bridgehead atoms. The van der Waals surface area contributed by atoms with Crippen molar-refractivity contribution < 1.29 is 9.59 Å². The monoisotopic (exact) mass is 572 g/mol. The highest BCUT2D eigenvalue weighted by molar-refractivity contribution is 8.01. The van der Waals surface area contributed by atoms with Crippen LogP contribution in [0.2, 0.25) is 0 Å². The van der Waals surface area contributed by atoms with Gasteiger partial charge in [0.1, 0.15) is 0 Å². The molecular formula is C31H48N4O2S2. The van der Waals surface area contributed by atoms with E-state index in [0.29, 0.717) is 23.0 Å². The first-order chi connectivity index (χ1) is 19.0. The van der Waals surface area contributed by atoms with Crippen LogP contribution < -0.4 is 5.32 Å². The van der Waals surface area contributed by atoms with Crippen molar-refractivity contribution in [2.45, 2.75) is 114 Å². The van der Waals surface area contributed by atoms with E-state index in [4.69, 9.17) is 0 Å². The third kappa shape index (κ3) is 10.8. The van der Waals surface area contributed by atoms with Crippen LogP contribution in [0.5, 0.6) is 0 Å². The second-order valence-corrected chi connectivity index (χ2v) is 13.0. The molecule has 0 atom stereocenters. The molecule has 2 saturated carbocycles. The standard InChI is InChI=1S/C24H40N4O2S2.C7H8/c1-3-15-27(16-4-2)21(29)18-31-22-17-25-23(32-22)26-24(30)28(19-11-7-5-8-12-19)20-13-9-6-10-14-20;1-7-5-3-2-4-6-7/h17,19-20H,3-16,18H2,1-2H3,(H,25,26,30);2-6H,1H3. The van der Waals surface area contributed by atoms with Crippen molar-refractivity contribution >= 4 is 40.2 Å². The molecule has 1 N–H and O–H groups in total. The topological polar surface area (TPSA) is 65.5 Å². The molecule has 4 rings (SSSR count). The number of carbonyl (C=O) groups excluding carboxylic acids is 2. The van der Waals surface area contributed by atoms with Crippen molar-refractivity contribution in [3.63, 3.8) is 0 Å². The third-order valence-corrected chi connectivity index (χ3v) is 9.58. The van der Waals surface area contributed by atoms with Crippen LogP contribution in [0.1, 0.15) is 96.5 Å². The average molecular weight is 573 g/mol. The van der Waals surface area contributed by atoms with Crippen molar-refractivity contribution in [3.05, 3.63) is 42.1 Å². The van der Waals surface area contributed by atoms with E-state index in [1.165, 1.54) is 67.2 Å². The fourth-order valence-corrected chi connectivity index (χ4v) is 7.31. The van der Waals surface area contributed by atoms with Crippen LogP contribution >= 0.6 is 23.1 Å². The maximum Gasteiger partial charge on any atom is 0.324 e. The van der Waals surface area contributed by atoms with Crippen molar-refractivity contribution in [3.8, 4) is 0 Å². The summed E-state index contributed by atoms with van der Waals surface area (Å²) in [4.78, 5) is 34.4. The highest BCUT2D eigenvalue weighted by atomic mass is 32.2. The number of thiazole rings is 1. The molecule has 39 heavy (non-hydrogen) atoms. The van der Waals surface area contributed by atoms with Gasteiger partial charge in [0.05, 0.1) is 16.2 Å². The van der Waals surface area contributed by atoms with Gasteiger partial charge in [-0.25, -0.2) is 9.78 Å². The fraction of sp³-hybridized carbons (Fsp3) is 0.645. The Hall–Kier alpha value is -2.06. The average Bonchev–Trinajstić information content (AvgIpc) is 3.41. The molecule has 2 aliphatic rings. The van der Waals surface area contributed by atoms with E-state index in [1.807, 2.05) is 23.1 Å². The first kappa shape index (κ1) is 31.5. The number of urea groups is 1. The van der Waals surface area contributed by atoms with E-state index in [9.17, 15) is 9.59 Å². The van der Waals surface area contributed by atoms with Gasteiger partial charge in [-0.15, -0.1) is 11.8 Å². The number of hydrogen-bond donors (Lipinski definition) is 1. The summed E-state index contributed by atoms with van der Waals surface area (Å²) >= 11 is 3.00. The molecule has 1 aromatic carbocycles. The van der Waals surface area contributed by atoms with Gasteiger partial charge in [-0.1, -0.05) is 99.6 Å². The molecule has 2 aromatic rings. The first-order valence-electron chi connectivity index (χ1n) is 15.0. The molecule has 1 heterocycles. The Bertz CT molecular complexity index is 948. The molecule has 1 aromatic heterocycles. The lowest BCUT2D eigenvalue weighted by atomic mass is 9.89. The van der Waals surface area contributed by atoms with E-state index in [-0.39, 0.29) is 11.9 Å². The van der Waals surface area contributed by atoms with Crippen molar-refractivity contribution in [2.24, 2.45) is 0 Å². The SMILES string of the molecule is CCCN(CCC)C(=O)CSc1cnc(NC(=O)N(C2CCCCC2)C2CCCCC2)s1.Cc1ccccc1. The zero-order valence-electron chi connectivity index (χ0n) is 24.2. The third-order valence-electron chi connectivity index (χ3n) is 7.49. The second kappa shape index (κ2) is 17.6. The van der Waals surface area contributed by atoms with Crippen LogP contribution in [0.25, 0.3) is 0 Å². The van der Waals surface area contributed by atoms with Crippen LogP contribution in [0.4, 0.5) is 9.93 Å². The smallest absolute Gasteiger partial charge is 0.324 e. The molecule has 2 aliphatic carbocycles. The van der Waals surface area contributed by atoms with Crippen LogP contribution in [0.3, 0.4) is 0 Å². The number of carbonyl (C=O) groups is 2. The number of nitrogens with one attached hydrogen (secondary N) is 1. The Morgan fingerprint density at radius 3 is 1.97 bits per heavy atom. The number of benzene rings is 1. The molecule has 8 heteroatoms. The lowest BCUT2D eigenvalue weighted by Crippen LogP contribution is -2.50. The van der Waals surface area contributed by atoms with Crippen LogP contribution in [-0.4, -0.2) is 57.6 Å². The summed E-state index contributed by atoms with van der Waals surface area (Å²) in [6, 6.07) is 11.0. The minimum atomic E-state index is 0.0165. The molecule has 216 valence electrons. The minimum absolute atomic E-state index is 0.0165. The molecule has 0 unspecified atom stereocenters. The number of aryl methyl sites for hydroxylation is 1. The Morgan fingerprint density at radius 1 is 0.923 bits per heavy atom. The summed E-state index contributed by atoms with van der Waals surface area (Å²) < 4.78 is 0.975. The van der Waals surface area contributed by atoms with Crippen molar-refractivity contribution in [1.82, 2.24) is 14.8 Å². The van der Waals surface area contributed by atoms with E-state index in [1.54, 1.807) is 6.20 Å². The maximum atomic E-state index is 13.3. The molecule has 6 nitrogen and oxygen atoms in total. The zero-order chi connectivity index (χ0) is 27.9. The summed E-state index contributed by atoms with van der Waals surface area (Å²) in [5.41, 5.74) is 1.32. The predicted octanol–water partition coefficient (Wildman–Crippen LogP) is 8.38. The van der Waals surface area contributed by atoms with Gasteiger partial charge in [-0.3, -0.25) is 10.1 Å². The van der Waals surface area contributed by atoms with Crippen LogP contribution in [0.15, 0.2) is 40.7 Å². The number of anilines is 1. The largest absolute Gasteiger partial charge is 0.342 e. The number of thioether (sulfide) groups is 1. The minimum Gasteiger partial charge on any atom is -0.342 e. The van der Waals surface area contributed by atoms with E-state index >= 15 is 0 Å². The molecule has 0 spiro atoms. The van der Waals surface area contributed by atoms with Gasteiger partial charge < -0.3 is 9.80 Å². The second-order valence-electron chi connectivity index (χ2n) is 10.7. The number of hydrogen-bond acceptors (Lipinski definition) is 5. The molecule has 0 aliphatic heterocycles. The Kier molecular flexibility index (Phi) is 14.2. The summed E-state index contributed by atoms with van der Waals surface area (Å²) in [6.07, 6.45) is 15.7. The molecule has 0 radical (unpaired) electrons. The normalized spacial score (nSPS) is 16.2. The first-order valence-corrected chi connectivity index (χ1v) is 16.8. The van der Waals surface area contributed by atoms with E-state index < -0.39 is 0 Å². The Labute approximate surface area is 244 Å². The lowest BCUT2D eigenvalue weighted by Gasteiger charge is -2.41. The highest BCUT2D eigenvalue weighted by Gasteiger charge is 2.32. The van der Waals surface area contributed by atoms with E-state index in [0.717, 1.165) is 55.8 Å². The number of amides is 3. The van der Waals surface area contributed by atoms with Gasteiger partial charge in [-0.05, 0) is 45.4 Å². The predicted molar refractivity (Wildman–Crippen MR) is 166 cm³/mol. The van der Waals surface area contributed by atoms with Gasteiger partial charge in [-0.2, -0.15) is 0 Å². The molecular weight excluding hydrogens is 525 g/mol. The van der Waals surface area contributed by atoms with Gasteiger partial charge in [0.2, 0.25) is 5.91 Å².